The van der Waals surface area contributed by atoms with E-state index in [-0.39, 0.29) is 16.9 Å². The Balaban J connectivity index is 2.12. The smallest absolute Gasteiger partial charge is 0.416 e. The number of hydrogen-bond donors (Lipinski definition) is 0. The zero-order valence-electron chi connectivity index (χ0n) is 12.0. The van der Waals surface area contributed by atoms with Crippen LogP contribution in [0.15, 0.2) is 55.0 Å². The molecule has 2 aromatic heterocycles. The lowest BCUT2D eigenvalue weighted by atomic mass is 10.1. The molecular formula is C16H9F3N3O2-. The number of aromatic carboxylic acids is 1. The van der Waals surface area contributed by atoms with Crippen molar-refractivity contribution in [3.05, 3.63) is 66.1 Å². The third kappa shape index (κ3) is 2.98. The number of benzene rings is 1. The van der Waals surface area contributed by atoms with E-state index in [1.54, 1.807) is 12.1 Å². The topological polar surface area (TPSA) is 70.8 Å². The van der Waals surface area contributed by atoms with Crippen LogP contribution >= 0.6 is 0 Å². The van der Waals surface area contributed by atoms with Crippen LogP contribution in [0.4, 0.5) is 13.2 Å². The first kappa shape index (κ1) is 15.7. The van der Waals surface area contributed by atoms with Gasteiger partial charge in [0.05, 0.1) is 17.2 Å². The first-order valence-electron chi connectivity index (χ1n) is 6.75. The van der Waals surface area contributed by atoms with Gasteiger partial charge in [-0.3, -0.25) is 4.98 Å². The number of alkyl halides is 3. The van der Waals surface area contributed by atoms with Crippen molar-refractivity contribution in [3.8, 4) is 16.9 Å². The van der Waals surface area contributed by atoms with E-state index in [2.05, 4.69) is 10.1 Å². The van der Waals surface area contributed by atoms with E-state index in [1.165, 1.54) is 24.5 Å². The summed E-state index contributed by atoms with van der Waals surface area (Å²) in [7, 11) is 0. The van der Waals surface area contributed by atoms with E-state index in [4.69, 9.17) is 0 Å². The number of aromatic nitrogens is 3. The second kappa shape index (κ2) is 5.80. The van der Waals surface area contributed by atoms with Gasteiger partial charge in [-0.1, -0.05) is 6.07 Å². The molecule has 0 spiro atoms. The maximum atomic E-state index is 12.8. The van der Waals surface area contributed by atoms with Gasteiger partial charge in [0.25, 0.3) is 0 Å². The van der Waals surface area contributed by atoms with Gasteiger partial charge in [0.1, 0.15) is 5.69 Å². The highest BCUT2D eigenvalue weighted by atomic mass is 19.4. The number of hydrogen-bond acceptors (Lipinski definition) is 4. The number of carbonyl (C=O) groups excluding carboxylic acids is 1. The van der Waals surface area contributed by atoms with Gasteiger partial charge >= 0.3 is 6.18 Å². The maximum absolute atomic E-state index is 12.8. The monoisotopic (exact) mass is 332 g/mol. The molecule has 0 aliphatic carbocycles. The standard InChI is InChI=1S/C16H10F3N3O2/c17-16(18,19)11-4-1-5-12(7-11)22-9-13(15(23)24)14(21-22)10-3-2-6-20-8-10/h1-9H,(H,23,24)/p-1. The number of carbonyl (C=O) groups is 1. The van der Waals surface area contributed by atoms with Crippen LogP contribution in [0.5, 0.6) is 0 Å². The van der Waals surface area contributed by atoms with Crippen LogP contribution in [0.2, 0.25) is 0 Å². The van der Waals surface area contributed by atoms with Gasteiger partial charge in [-0.15, -0.1) is 0 Å². The van der Waals surface area contributed by atoms with Gasteiger partial charge in [-0.05, 0) is 30.3 Å². The van der Waals surface area contributed by atoms with Crippen molar-refractivity contribution in [2.45, 2.75) is 6.18 Å². The van der Waals surface area contributed by atoms with Gasteiger partial charge in [0.2, 0.25) is 0 Å². The molecule has 0 N–H and O–H groups in total. The Morgan fingerprint density at radius 1 is 1.17 bits per heavy atom. The molecule has 0 radical (unpaired) electrons. The average Bonchev–Trinajstić information content (AvgIpc) is 3.01. The van der Waals surface area contributed by atoms with E-state index in [0.717, 1.165) is 23.0 Å². The third-order valence-electron chi connectivity index (χ3n) is 3.31. The molecule has 24 heavy (non-hydrogen) atoms. The van der Waals surface area contributed by atoms with Crippen molar-refractivity contribution < 1.29 is 23.1 Å². The largest absolute Gasteiger partial charge is 0.545 e. The lowest BCUT2D eigenvalue weighted by Gasteiger charge is -2.08. The summed E-state index contributed by atoms with van der Waals surface area (Å²) < 4.78 is 39.5. The van der Waals surface area contributed by atoms with Crippen molar-refractivity contribution in [1.82, 2.24) is 14.8 Å². The molecule has 1 aromatic carbocycles. The highest BCUT2D eigenvalue weighted by molar-refractivity contribution is 5.93. The molecule has 0 unspecified atom stereocenters. The first-order valence-corrected chi connectivity index (χ1v) is 6.75. The average molecular weight is 332 g/mol. The summed E-state index contributed by atoms with van der Waals surface area (Å²) in [4.78, 5) is 15.2. The molecule has 0 aliphatic rings. The number of nitrogens with zero attached hydrogens (tertiary/aromatic N) is 3. The minimum absolute atomic E-state index is 0.0699. The third-order valence-corrected chi connectivity index (χ3v) is 3.31. The minimum atomic E-state index is -4.51. The normalized spacial score (nSPS) is 11.5. The molecule has 0 aliphatic heterocycles. The lowest BCUT2D eigenvalue weighted by Crippen LogP contribution is -2.22. The fourth-order valence-corrected chi connectivity index (χ4v) is 2.20. The Kier molecular flexibility index (Phi) is 3.80. The summed E-state index contributed by atoms with van der Waals surface area (Å²) in [6.07, 6.45) is -0.475. The summed E-state index contributed by atoms with van der Waals surface area (Å²) in [5.41, 5.74) is -0.515. The summed E-state index contributed by atoms with van der Waals surface area (Å²) in [5, 5.41) is 15.4. The summed E-state index contributed by atoms with van der Waals surface area (Å²) in [6.45, 7) is 0. The van der Waals surface area contributed by atoms with E-state index in [1.807, 2.05) is 0 Å². The summed E-state index contributed by atoms with van der Waals surface area (Å²) in [6, 6.07) is 7.63. The van der Waals surface area contributed by atoms with Crippen molar-refractivity contribution >= 4 is 5.97 Å². The fraction of sp³-hybridized carbons (Fsp3) is 0.0625. The molecule has 3 rings (SSSR count). The van der Waals surface area contributed by atoms with Crippen LogP contribution in [-0.2, 0) is 6.18 Å². The molecule has 0 atom stereocenters. The van der Waals surface area contributed by atoms with Crippen LogP contribution in [-0.4, -0.2) is 20.7 Å². The van der Waals surface area contributed by atoms with Crippen molar-refractivity contribution in [3.63, 3.8) is 0 Å². The van der Waals surface area contributed by atoms with Crippen LogP contribution in [0.25, 0.3) is 16.9 Å². The Morgan fingerprint density at radius 3 is 2.58 bits per heavy atom. The second-order valence-electron chi connectivity index (χ2n) is 4.91. The number of halogens is 3. The Bertz CT molecular complexity index is 889. The van der Waals surface area contributed by atoms with Gasteiger partial charge in [0.15, 0.2) is 0 Å². The quantitative estimate of drug-likeness (QED) is 0.738. The molecule has 2 heterocycles. The Hall–Kier alpha value is -3.16. The predicted octanol–water partition coefficient (Wildman–Crippen LogP) is 2.32. The summed E-state index contributed by atoms with van der Waals surface area (Å²) in [5.74, 6) is -1.48. The molecule has 0 amide bonds. The molecule has 0 bridgehead atoms. The van der Waals surface area contributed by atoms with Crippen LogP contribution in [0.1, 0.15) is 15.9 Å². The van der Waals surface area contributed by atoms with Gasteiger partial charge < -0.3 is 9.90 Å². The maximum Gasteiger partial charge on any atom is 0.416 e. The minimum Gasteiger partial charge on any atom is -0.545 e. The van der Waals surface area contributed by atoms with E-state index >= 15 is 0 Å². The zero-order chi connectivity index (χ0) is 17.3. The molecule has 8 heteroatoms. The predicted molar refractivity (Wildman–Crippen MR) is 76.1 cm³/mol. The lowest BCUT2D eigenvalue weighted by molar-refractivity contribution is -0.254. The molecule has 0 saturated carbocycles. The Morgan fingerprint density at radius 2 is 1.96 bits per heavy atom. The van der Waals surface area contributed by atoms with E-state index < -0.39 is 17.7 Å². The van der Waals surface area contributed by atoms with Crippen molar-refractivity contribution in [2.75, 3.05) is 0 Å². The van der Waals surface area contributed by atoms with Crippen molar-refractivity contribution in [1.29, 1.82) is 0 Å². The molecule has 5 nitrogen and oxygen atoms in total. The highest BCUT2D eigenvalue weighted by Crippen LogP contribution is 2.31. The van der Waals surface area contributed by atoms with Gasteiger partial charge in [0, 0.05) is 29.7 Å². The number of pyridine rings is 1. The van der Waals surface area contributed by atoms with Crippen LogP contribution < -0.4 is 5.11 Å². The zero-order valence-corrected chi connectivity index (χ0v) is 12.0. The number of rotatable bonds is 3. The number of carboxylic acids is 1. The molecule has 3 aromatic rings. The van der Waals surface area contributed by atoms with Gasteiger partial charge in [-0.25, -0.2) is 4.68 Å². The SMILES string of the molecule is O=C([O-])c1cn(-c2cccc(C(F)(F)F)c2)nc1-c1cccnc1. The number of carboxylic acid groups (broad SMARTS) is 1. The first-order chi connectivity index (χ1) is 11.4. The van der Waals surface area contributed by atoms with Crippen LogP contribution in [0, 0.1) is 0 Å². The van der Waals surface area contributed by atoms with E-state index in [9.17, 15) is 23.1 Å². The fourth-order valence-electron chi connectivity index (χ4n) is 2.20. The summed E-state index contributed by atoms with van der Waals surface area (Å²) >= 11 is 0. The second-order valence-corrected chi connectivity index (χ2v) is 4.91. The van der Waals surface area contributed by atoms with E-state index in [0.29, 0.717) is 5.56 Å². The Labute approximate surface area is 134 Å². The molecule has 0 fully saturated rings. The molecule has 122 valence electrons. The van der Waals surface area contributed by atoms with Crippen LogP contribution in [0.3, 0.4) is 0 Å². The van der Waals surface area contributed by atoms with Crippen molar-refractivity contribution in [2.24, 2.45) is 0 Å². The highest BCUT2D eigenvalue weighted by Gasteiger charge is 2.30. The van der Waals surface area contributed by atoms with Gasteiger partial charge in [-0.2, -0.15) is 18.3 Å². The molecular weight excluding hydrogens is 323 g/mol. The molecule has 0 saturated heterocycles.